The molecule has 0 aliphatic carbocycles. The summed E-state index contributed by atoms with van der Waals surface area (Å²) in [6, 6.07) is 4.77. The molecule has 0 spiro atoms. The smallest absolute Gasteiger partial charge is 0.243 e. The lowest BCUT2D eigenvalue weighted by atomic mass is 9.99. The summed E-state index contributed by atoms with van der Waals surface area (Å²) in [6.07, 6.45) is 3.11. The predicted molar refractivity (Wildman–Crippen MR) is 95.9 cm³/mol. The normalized spacial score (nSPS) is 18.6. The Hall–Kier alpha value is -2.13. The van der Waals surface area contributed by atoms with E-state index >= 15 is 0 Å². The molecular weight excluding hydrogens is 356 g/mol. The molecule has 2 aromatic rings. The summed E-state index contributed by atoms with van der Waals surface area (Å²) in [4.78, 5) is 4.39. The number of ether oxygens (including phenoxy) is 2. The molecule has 1 fully saturated rings. The van der Waals surface area contributed by atoms with E-state index in [1.807, 2.05) is 13.8 Å². The number of rotatable bonds is 7. The Balaban J connectivity index is 1.86. The average Bonchev–Trinajstić information content (AvgIpc) is 3.18. The van der Waals surface area contributed by atoms with Crippen LogP contribution in [0.5, 0.6) is 11.5 Å². The van der Waals surface area contributed by atoms with E-state index in [4.69, 9.17) is 9.47 Å². The number of aromatic amines is 1. The lowest BCUT2D eigenvalue weighted by molar-refractivity contribution is 0.286. The predicted octanol–water partition coefficient (Wildman–Crippen LogP) is 2.17. The van der Waals surface area contributed by atoms with Gasteiger partial charge in [0, 0.05) is 25.1 Å². The van der Waals surface area contributed by atoms with Gasteiger partial charge in [0.15, 0.2) is 11.5 Å². The van der Waals surface area contributed by atoms with Crippen LogP contribution >= 0.6 is 0 Å². The van der Waals surface area contributed by atoms with Crippen LogP contribution in [0.3, 0.4) is 0 Å². The van der Waals surface area contributed by atoms with Crippen molar-refractivity contribution in [3.8, 4) is 11.5 Å². The van der Waals surface area contributed by atoms with Crippen molar-refractivity contribution < 1.29 is 17.9 Å². The SMILES string of the molecule is CCOc1ccc(S(=O)(=O)N2CCC[C@@H](c3ncn[nH]3)C2)cc1OCC. The van der Waals surface area contributed by atoms with Gasteiger partial charge in [-0.2, -0.15) is 9.40 Å². The Morgan fingerprint density at radius 1 is 1.23 bits per heavy atom. The topological polar surface area (TPSA) is 97.4 Å². The molecule has 0 unspecified atom stereocenters. The molecule has 9 heteroatoms. The summed E-state index contributed by atoms with van der Waals surface area (Å²) in [7, 11) is -3.62. The summed E-state index contributed by atoms with van der Waals surface area (Å²) >= 11 is 0. The Labute approximate surface area is 153 Å². The Bertz CT molecular complexity index is 823. The van der Waals surface area contributed by atoms with Crippen molar-refractivity contribution in [2.24, 2.45) is 0 Å². The fourth-order valence-electron chi connectivity index (χ4n) is 3.14. The van der Waals surface area contributed by atoms with E-state index in [1.165, 1.54) is 10.6 Å². The zero-order valence-electron chi connectivity index (χ0n) is 15.0. The molecule has 2 heterocycles. The van der Waals surface area contributed by atoms with E-state index in [-0.39, 0.29) is 10.8 Å². The number of nitrogens with one attached hydrogen (secondary N) is 1. The molecule has 0 bridgehead atoms. The maximum atomic E-state index is 13.1. The summed E-state index contributed by atoms with van der Waals surface area (Å²) in [5.41, 5.74) is 0. The molecule has 1 aromatic heterocycles. The van der Waals surface area contributed by atoms with Crippen LogP contribution in [-0.2, 0) is 10.0 Å². The van der Waals surface area contributed by atoms with Gasteiger partial charge >= 0.3 is 0 Å². The van der Waals surface area contributed by atoms with Crippen LogP contribution in [0.15, 0.2) is 29.4 Å². The van der Waals surface area contributed by atoms with Gasteiger partial charge in [0.2, 0.25) is 10.0 Å². The molecule has 8 nitrogen and oxygen atoms in total. The van der Waals surface area contributed by atoms with Gasteiger partial charge in [-0.15, -0.1) is 0 Å². The van der Waals surface area contributed by atoms with Crippen molar-refractivity contribution in [3.63, 3.8) is 0 Å². The molecule has 1 aliphatic heterocycles. The minimum atomic E-state index is -3.62. The van der Waals surface area contributed by atoms with E-state index in [1.54, 1.807) is 18.2 Å². The zero-order valence-corrected chi connectivity index (χ0v) is 15.8. The van der Waals surface area contributed by atoms with Gasteiger partial charge in [-0.05, 0) is 38.8 Å². The third-order valence-corrected chi connectivity index (χ3v) is 6.22. The van der Waals surface area contributed by atoms with E-state index in [9.17, 15) is 8.42 Å². The standard InChI is InChI=1S/C17H24N4O4S/c1-3-24-15-8-7-14(10-16(15)25-4-2)26(22,23)21-9-5-6-13(11-21)17-18-12-19-20-17/h7-8,10,12-13H,3-6,9,11H2,1-2H3,(H,18,19,20)/t13-/m1/s1. The number of H-pyrrole nitrogens is 1. The molecule has 0 radical (unpaired) electrons. The van der Waals surface area contributed by atoms with Crippen LogP contribution in [-0.4, -0.2) is 54.2 Å². The lowest BCUT2D eigenvalue weighted by Gasteiger charge is -2.31. The van der Waals surface area contributed by atoms with Crippen LogP contribution in [0.2, 0.25) is 0 Å². The molecule has 142 valence electrons. The summed E-state index contributed by atoms with van der Waals surface area (Å²) in [5, 5.41) is 6.71. The van der Waals surface area contributed by atoms with E-state index in [0.29, 0.717) is 37.8 Å². The fourth-order valence-corrected chi connectivity index (χ4v) is 4.68. The molecule has 3 rings (SSSR count). The number of nitrogens with zero attached hydrogens (tertiary/aromatic N) is 3. The number of aromatic nitrogens is 3. The van der Waals surface area contributed by atoms with Gasteiger partial charge in [0.25, 0.3) is 0 Å². The fraction of sp³-hybridized carbons (Fsp3) is 0.529. The highest BCUT2D eigenvalue weighted by atomic mass is 32.2. The van der Waals surface area contributed by atoms with E-state index < -0.39 is 10.0 Å². The highest BCUT2D eigenvalue weighted by Crippen LogP contribution is 2.33. The molecule has 26 heavy (non-hydrogen) atoms. The van der Waals surface area contributed by atoms with Crippen molar-refractivity contribution in [2.75, 3.05) is 26.3 Å². The van der Waals surface area contributed by atoms with Crippen LogP contribution in [0, 0.1) is 0 Å². The summed E-state index contributed by atoms with van der Waals surface area (Å²) in [5.74, 6) is 1.74. The number of piperidine rings is 1. The van der Waals surface area contributed by atoms with Gasteiger partial charge in [-0.1, -0.05) is 0 Å². The van der Waals surface area contributed by atoms with E-state index in [2.05, 4.69) is 15.2 Å². The minimum absolute atomic E-state index is 0.0232. The van der Waals surface area contributed by atoms with Crippen molar-refractivity contribution >= 4 is 10.0 Å². The van der Waals surface area contributed by atoms with Crippen molar-refractivity contribution in [1.82, 2.24) is 19.5 Å². The third-order valence-electron chi connectivity index (χ3n) is 4.36. The Kier molecular flexibility index (Phi) is 5.77. The number of hydrogen-bond acceptors (Lipinski definition) is 6. The first-order chi connectivity index (χ1) is 12.6. The molecule has 1 aromatic carbocycles. The monoisotopic (exact) mass is 380 g/mol. The van der Waals surface area contributed by atoms with Crippen molar-refractivity contribution in [1.29, 1.82) is 0 Å². The highest BCUT2D eigenvalue weighted by Gasteiger charge is 2.32. The summed E-state index contributed by atoms with van der Waals surface area (Å²) < 4.78 is 38.8. The second-order valence-electron chi connectivity index (χ2n) is 6.05. The molecule has 0 saturated carbocycles. The van der Waals surface area contributed by atoms with Gasteiger partial charge < -0.3 is 9.47 Å². The molecule has 0 amide bonds. The van der Waals surface area contributed by atoms with Crippen LogP contribution < -0.4 is 9.47 Å². The minimum Gasteiger partial charge on any atom is -0.490 e. The van der Waals surface area contributed by atoms with Gasteiger partial charge in [-0.25, -0.2) is 13.4 Å². The van der Waals surface area contributed by atoms with Gasteiger partial charge in [0.1, 0.15) is 12.2 Å². The first-order valence-electron chi connectivity index (χ1n) is 8.81. The molecule has 1 saturated heterocycles. The Morgan fingerprint density at radius 3 is 2.69 bits per heavy atom. The van der Waals surface area contributed by atoms with Gasteiger partial charge in [0.05, 0.1) is 18.1 Å². The summed E-state index contributed by atoms with van der Waals surface area (Å²) in [6.45, 7) is 5.51. The van der Waals surface area contributed by atoms with Crippen LogP contribution in [0.25, 0.3) is 0 Å². The average molecular weight is 380 g/mol. The quantitative estimate of drug-likeness (QED) is 0.791. The Morgan fingerprint density at radius 2 is 2.00 bits per heavy atom. The molecule has 1 N–H and O–H groups in total. The van der Waals surface area contributed by atoms with Crippen LogP contribution in [0.1, 0.15) is 38.4 Å². The number of sulfonamides is 1. The van der Waals surface area contributed by atoms with E-state index in [0.717, 1.165) is 18.7 Å². The number of hydrogen-bond donors (Lipinski definition) is 1. The lowest BCUT2D eigenvalue weighted by Crippen LogP contribution is -2.39. The highest BCUT2D eigenvalue weighted by molar-refractivity contribution is 7.89. The van der Waals surface area contributed by atoms with Crippen LogP contribution in [0.4, 0.5) is 0 Å². The first kappa shape index (κ1) is 18.7. The molecular formula is C17H24N4O4S. The first-order valence-corrected chi connectivity index (χ1v) is 10.2. The zero-order chi connectivity index (χ0) is 18.6. The molecule has 1 aliphatic rings. The van der Waals surface area contributed by atoms with Crippen molar-refractivity contribution in [2.45, 2.75) is 37.5 Å². The van der Waals surface area contributed by atoms with Gasteiger partial charge in [-0.3, -0.25) is 5.10 Å². The third kappa shape index (κ3) is 3.83. The second kappa shape index (κ2) is 8.05. The second-order valence-corrected chi connectivity index (χ2v) is 7.99. The molecule has 1 atom stereocenters. The maximum Gasteiger partial charge on any atom is 0.243 e. The number of benzene rings is 1. The maximum absolute atomic E-state index is 13.1. The largest absolute Gasteiger partial charge is 0.490 e. The van der Waals surface area contributed by atoms with Crippen molar-refractivity contribution in [3.05, 3.63) is 30.4 Å².